The Morgan fingerprint density at radius 1 is 0.852 bits per heavy atom. The van der Waals surface area contributed by atoms with Gasteiger partial charge in [0.2, 0.25) is 0 Å². The van der Waals surface area contributed by atoms with Crippen LogP contribution in [0.1, 0.15) is 27.7 Å². The Morgan fingerprint density at radius 2 is 1.22 bits per heavy atom. The summed E-state index contributed by atoms with van der Waals surface area (Å²) in [6.07, 6.45) is 0. The molecule has 154 valence electrons. The van der Waals surface area contributed by atoms with E-state index < -0.39 is 66.0 Å². The van der Waals surface area contributed by atoms with Gasteiger partial charge in [-0.15, -0.1) is 0 Å². The van der Waals surface area contributed by atoms with Gasteiger partial charge in [0.05, 0.1) is 0 Å². The minimum absolute atomic E-state index is 0.0897. The third kappa shape index (κ3) is 4.11. The molecule has 0 fully saturated rings. The molecular weight excluding hydrogens is 444 g/mol. The van der Waals surface area contributed by atoms with Gasteiger partial charge in [-0.05, 0) is 0 Å². The summed E-state index contributed by atoms with van der Waals surface area (Å²) < 4.78 is 74.8. The van der Waals surface area contributed by atoms with Gasteiger partial charge in [-0.25, -0.2) is 0 Å². The van der Waals surface area contributed by atoms with Crippen molar-refractivity contribution in [3.05, 3.63) is 29.1 Å². The van der Waals surface area contributed by atoms with Crippen molar-refractivity contribution >= 4 is 32.5 Å². The molecule has 0 bridgehead atoms. The van der Waals surface area contributed by atoms with Gasteiger partial charge >= 0.3 is 161 Å². The van der Waals surface area contributed by atoms with Crippen molar-refractivity contribution in [2.24, 2.45) is 0 Å². The first-order valence-electron chi connectivity index (χ1n) is 9.15. The van der Waals surface area contributed by atoms with Gasteiger partial charge in [-0.1, -0.05) is 0 Å². The molecule has 0 heterocycles. The molecule has 0 saturated heterocycles. The summed E-state index contributed by atoms with van der Waals surface area (Å²) in [7, 11) is -3.47. The third-order valence-corrected chi connectivity index (χ3v) is 28.9. The predicted octanol–water partition coefficient (Wildman–Crippen LogP) is 5.28. The topological polar surface area (TPSA) is 26.3 Å². The van der Waals surface area contributed by atoms with E-state index in [1.165, 1.54) is 13.1 Å². The van der Waals surface area contributed by atoms with E-state index in [0.29, 0.717) is 15.8 Å². The van der Waals surface area contributed by atoms with Crippen LogP contribution >= 0.6 is 0 Å². The predicted molar refractivity (Wildman–Crippen MR) is 101 cm³/mol. The van der Waals surface area contributed by atoms with Crippen LogP contribution in [0.15, 0.2) is 0 Å². The van der Waals surface area contributed by atoms with Gasteiger partial charge in [0.25, 0.3) is 0 Å². The number of hydrogen-bond acceptors (Lipinski definition) is 2. The Morgan fingerprint density at radius 3 is 1.56 bits per heavy atom. The maximum absolute atomic E-state index is 14.6. The normalized spacial score (nSPS) is 13.6. The minimum atomic E-state index is -3.47. The summed E-state index contributed by atoms with van der Waals surface area (Å²) in [5.74, 6) is -10.3. The molecule has 0 radical (unpaired) electrons. The van der Waals surface area contributed by atoms with Gasteiger partial charge in [0, 0.05) is 0 Å². The molecule has 0 aromatic heterocycles. The molecule has 0 N–H and O–H groups in total. The van der Waals surface area contributed by atoms with Crippen molar-refractivity contribution in [3.8, 4) is 0 Å². The van der Waals surface area contributed by atoms with E-state index in [0.717, 1.165) is 0 Å². The fourth-order valence-electron chi connectivity index (χ4n) is 4.21. The zero-order valence-corrected chi connectivity index (χ0v) is 19.7. The van der Waals surface area contributed by atoms with Crippen LogP contribution in [0.25, 0.3) is 0 Å². The molecule has 2 nitrogen and oxygen atoms in total. The second-order valence-electron chi connectivity index (χ2n) is 7.27. The van der Waals surface area contributed by atoms with Crippen LogP contribution in [-0.2, 0) is 9.53 Å². The van der Waals surface area contributed by atoms with Gasteiger partial charge < -0.3 is 0 Å². The fourth-order valence-corrected chi connectivity index (χ4v) is 28.7. The van der Waals surface area contributed by atoms with Gasteiger partial charge in [-0.2, -0.15) is 0 Å². The van der Waals surface area contributed by atoms with Crippen LogP contribution in [0.4, 0.5) is 22.0 Å². The quantitative estimate of drug-likeness (QED) is 0.170. The van der Waals surface area contributed by atoms with Crippen LogP contribution in [0, 0.1) is 29.1 Å². The van der Waals surface area contributed by atoms with Crippen molar-refractivity contribution < 1.29 is 31.5 Å². The second kappa shape index (κ2) is 9.07. The standard InChI is InChI=1S/C18H27F5GeO2Si/c1-7-24(8-2,9-3)17(18(25)26-10-4)27(5,6)16-14(22)12(20)11(19)13(21)15(16)23/h17H,7-10H2,1-6H3. The van der Waals surface area contributed by atoms with E-state index in [-0.39, 0.29) is 6.61 Å². The average Bonchev–Trinajstić information content (AvgIpc) is 2.62. The van der Waals surface area contributed by atoms with Crippen molar-refractivity contribution in [1.29, 1.82) is 0 Å². The number of rotatable bonds is 8. The van der Waals surface area contributed by atoms with Crippen LogP contribution in [0.3, 0.4) is 0 Å². The van der Waals surface area contributed by atoms with E-state index in [1.54, 1.807) is 6.92 Å². The summed E-state index contributed by atoms with van der Waals surface area (Å²) in [5, 5.41) is 1.29. The summed E-state index contributed by atoms with van der Waals surface area (Å²) in [5.41, 5.74) is 0. The van der Waals surface area contributed by atoms with Crippen LogP contribution < -0.4 is 5.19 Å². The first-order valence-corrected chi connectivity index (χ1v) is 17.9. The van der Waals surface area contributed by atoms with E-state index in [4.69, 9.17) is 4.74 Å². The first-order chi connectivity index (χ1) is 12.5. The number of benzene rings is 1. The summed E-state index contributed by atoms with van der Waals surface area (Å²) in [6, 6.07) is 0. The Bertz CT molecular complexity index is 670. The summed E-state index contributed by atoms with van der Waals surface area (Å²) in [4.78, 5) is 12.9. The van der Waals surface area contributed by atoms with E-state index in [2.05, 4.69) is 0 Å². The average molecular weight is 471 g/mol. The van der Waals surface area contributed by atoms with Gasteiger partial charge in [0.15, 0.2) is 0 Å². The summed E-state index contributed by atoms with van der Waals surface area (Å²) in [6.45, 7) is 10.5. The summed E-state index contributed by atoms with van der Waals surface area (Å²) >= 11 is -3.07. The molecule has 1 atom stereocenters. The molecule has 27 heavy (non-hydrogen) atoms. The molecule has 1 aromatic carbocycles. The van der Waals surface area contributed by atoms with Crippen LogP contribution in [0.2, 0.25) is 33.2 Å². The van der Waals surface area contributed by atoms with Crippen LogP contribution in [0.5, 0.6) is 0 Å². The Kier molecular flexibility index (Phi) is 8.10. The monoisotopic (exact) mass is 472 g/mol. The number of carbonyl (C=O) groups excluding carboxylic acids is 1. The zero-order valence-electron chi connectivity index (χ0n) is 16.6. The fraction of sp³-hybridized carbons (Fsp3) is 0.611. The molecule has 9 heteroatoms. The zero-order chi connectivity index (χ0) is 21.2. The number of halogens is 5. The van der Waals surface area contributed by atoms with E-state index in [9.17, 15) is 26.7 Å². The van der Waals surface area contributed by atoms with E-state index in [1.807, 2.05) is 20.8 Å². The number of carbonyl (C=O) groups is 1. The van der Waals surface area contributed by atoms with Gasteiger partial charge in [0.1, 0.15) is 0 Å². The maximum atomic E-state index is 14.6. The Hall–Kier alpha value is -0.900. The Labute approximate surface area is 160 Å². The van der Waals surface area contributed by atoms with E-state index >= 15 is 0 Å². The van der Waals surface area contributed by atoms with Crippen molar-refractivity contribution in [1.82, 2.24) is 0 Å². The molecule has 0 saturated carbocycles. The molecule has 1 rings (SSSR count). The number of hydrogen-bond donors (Lipinski definition) is 0. The van der Waals surface area contributed by atoms with Crippen molar-refractivity contribution in [2.45, 2.75) is 60.9 Å². The molecular formula is C18H27F5GeO2Si. The molecule has 1 aromatic rings. The molecule has 0 aliphatic rings. The number of ether oxygens (including phenoxy) is 1. The van der Waals surface area contributed by atoms with Crippen molar-refractivity contribution in [2.75, 3.05) is 6.61 Å². The third-order valence-electron chi connectivity index (χ3n) is 5.82. The molecule has 0 aliphatic carbocycles. The first kappa shape index (κ1) is 24.1. The SMILES string of the molecule is CCOC(=O)[CH]([Si](C)(C)c1c(F)c(F)c(F)c(F)c1F)[Ge]([CH2]C)([CH2]C)[CH2]C. The molecule has 0 spiro atoms. The van der Waals surface area contributed by atoms with Crippen LogP contribution in [-0.4, -0.2) is 33.9 Å². The second-order valence-corrected chi connectivity index (χ2v) is 24.4. The van der Waals surface area contributed by atoms with Crippen molar-refractivity contribution in [3.63, 3.8) is 0 Å². The number of esters is 1. The molecule has 0 amide bonds. The molecule has 1 unspecified atom stereocenters. The van der Waals surface area contributed by atoms with Gasteiger partial charge in [-0.3, -0.25) is 0 Å². The molecule has 0 aliphatic heterocycles. The Balaban J connectivity index is 3.85.